The normalized spacial score (nSPS) is 16.0. The molecule has 11 heteroatoms. The first kappa shape index (κ1) is 21.6. The third-order valence-corrected chi connectivity index (χ3v) is 5.48. The maximum Gasteiger partial charge on any atom is 0.422 e. The number of rotatable bonds is 7. The first-order valence-electron chi connectivity index (χ1n) is 8.86. The average Bonchev–Trinajstić information content (AvgIpc) is 2.96. The smallest absolute Gasteiger partial charge is 0.422 e. The van der Waals surface area contributed by atoms with Gasteiger partial charge in [-0.1, -0.05) is 24.3 Å². The molecule has 0 aromatic heterocycles. The van der Waals surface area contributed by atoms with Crippen LogP contribution < -0.4 is 14.8 Å². The van der Waals surface area contributed by atoms with Crippen LogP contribution >= 0.6 is 0 Å². The molecule has 1 amide bonds. The van der Waals surface area contributed by atoms with Gasteiger partial charge in [0.05, 0.1) is 11.4 Å². The van der Waals surface area contributed by atoms with E-state index < -0.39 is 22.8 Å². The highest BCUT2D eigenvalue weighted by atomic mass is 32.2. The maximum atomic E-state index is 12.1. The fraction of sp³-hybridized carbons (Fsp3) is 0.263. The Morgan fingerprint density at radius 1 is 1.10 bits per heavy atom. The third kappa shape index (κ3) is 5.72. The molecular formula is C19H18F3N3O4S. The summed E-state index contributed by atoms with van der Waals surface area (Å²) in [6.45, 7) is -1.10. The van der Waals surface area contributed by atoms with Crippen molar-refractivity contribution in [2.75, 3.05) is 13.2 Å². The van der Waals surface area contributed by atoms with Crippen LogP contribution in [0.15, 0.2) is 58.4 Å². The minimum absolute atomic E-state index is 0.0418. The molecule has 0 atom stereocenters. The fourth-order valence-electron chi connectivity index (χ4n) is 2.68. The molecule has 0 saturated carbocycles. The number of halogens is 3. The summed E-state index contributed by atoms with van der Waals surface area (Å²) >= 11 is 0. The lowest BCUT2D eigenvalue weighted by molar-refractivity contribution is -0.153. The van der Waals surface area contributed by atoms with Gasteiger partial charge in [0.1, 0.15) is 11.6 Å². The van der Waals surface area contributed by atoms with Crippen LogP contribution in [0.25, 0.3) is 0 Å². The zero-order valence-electron chi connectivity index (χ0n) is 15.6. The van der Waals surface area contributed by atoms with Crippen LogP contribution in [0, 0.1) is 0 Å². The summed E-state index contributed by atoms with van der Waals surface area (Å²) in [4.78, 5) is 16.3. The molecule has 0 saturated heterocycles. The molecule has 30 heavy (non-hydrogen) atoms. The van der Waals surface area contributed by atoms with Crippen LogP contribution in [0.3, 0.4) is 0 Å². The number of amides is 1. The second-order valence-corrected chi connectivity index (χ2v) is 8.06. The third-order valence-electron chi connectivity index (χ3n) is 4.09. The molecule has 1 aliphatic rings. The van der Waals surface area contributed by atoms with Gasteiger partial charge in [-0.15, -0.1) is 0 Å². The summed E-state index contributed by atoms with van der Waals surface area (Å²) in [7, 11) is -3.62. The fourth-order valence-corrected chi connectivity index (χ4v) is 3.93. The number of hydrogen-bond acceptors (Lipinski definition) is 5. The number of carbonyl (C=O) groups excluding carboxylic acids is 1. The van der Waals surface area contributed by atoms with E-state index in [1.807, 2.05) is 0 Å². The SMILES string of the molecule is O=C(CCN=C1NS(=O)(=O)c2ccccc21)NCc1ccc(OCC(F)(F)F)cc1. The monoisotopic (exact) mass is 441 g/mol. The van der Waals surface area contributed by atoms with Crippen molar-refractivity contribution in [3.8, 4) is 5.75 Å². The van der Waals surface area contributed by atoms with E-state index in [0.29, 0.717) is 11.1 Å². The lowest BCUT2D eigenvalue weighted by Gasteiger charge is -2.10. The molecule has 1 aliphatic heterocycles. The van der Waals surface area contributed by atoms with Crippen LogP contribution in [0.2, 0.25) is 0 Å². The molecule has 3 rings (SSSR count). The second kappa shape index (κ2) is 8.74. The highest BCUT2D eigenvalue weighted by Gasteiger charge is 2.30. The molecule has 1 heterocycles. The summed E-state index contributed by atoms with van der Waals surface area (Å²) in [5.41, 5.74) is 1.15. The minimum atomic E-state index is -4.41. The number of nitrogens with one attached hydrogen (secondary N) is 2. The average molecular weight is 441 g/mol. The van der Waals surface area contributed by atoms with Crippen molar-refractivity contribution < 1.29 is 31.1 Å². The zero-order valence-corrected chi connectivity index (χ0v) is 16.4. The largest absolute Gasteiger partial charge is 0.484 e. The van der Waals surface area contributed by atoms with Gasteiger partial charge in [-0.05, 0) is 29.8 Å². The Bertz CT molecular complexity index is 1050. The van der Waals surface area contributed by atoms with Crippen molar-refractivity contribution in [3.05, 3.63) is 59.7 Å². The topological polar surface area (TPSA) is 96.9 Å². The quantitative estimate of drug-likeness (QED) is 0.690. The van der Waals surface area contributed by atoms with Crippen molar-refractivity contribution in [1.82, 2.24) is 10.0 Å². The molecule has 2 N–H and O–H groups in total. The Morgan fingerprint density at radius 3 is 2.50 bits per heavy atom. The Labute approximate surface area is 171 Å². The van der Waals surface area contributed by atoms with Crippen molar-refractivity contribution in [1.29, 1.82) is 0 Å². The number of fused-ring (bicyclic) bond motifs is 1. The molecule has 0 radical (unpaired) electrons. The van der Waals surface area contributed by atoms with Crippen molar-refractivity contribution in [2.24, 2.45) is 4.99 Å². The molecule has 2 aromatic rings. The first-order valence-corrected chi connectivity index (χ1v) is 10.3. The maximum absolute atomic E-state index is 12.1. The lowest BCUT2D eigenvalue weighted by Crippen LogP contribution is -2.25. The molecule has 0 spiro atoms. The Hall–Kier alpha value is -3.08. The number of ether oxygens (including phenoxy) is 1. The zero-order chi connectivity index (χ0) is 21.8. The Balaban J connectivity index is 1.46. The number of carbonyl (C=O) groups is 1. The van der Waals surface area contributed by atoms with E-state index in [2.05, 4.69) is 19.8 Å². The van der Waals surface area contributed by atoms with Crippen LogP contribution in [0.1, 0.15) is 17.5 Å². The molecule has 0 bridgehead atoms. The summed E-state index contributed by atoms with van der Waals surface area (Å²) in [5.74, 6) is -0.0174. The summed E-state index contributed by atoms with van der Waals surface area (Å²) < 4.78 is 67.4. The molecular weight excluding hydrogens is 423 g/mol. The van der Waals surface area contributed by atoms with E-state index in [-0.39, 0.29) is 41.9 Å². The standard InChI is InChI=1S/C19H18F3N3O4S/c20-19(21,22)12-29-14-7-5-13(6-8-14)11-24-17(26)9-10-23-18-15-3-1-2-4-16(15)30(27,28)25-18/h1-8H,9-12H2,(H,23,25)(H,24,26). The van der Waals surface area contributed by atoms with Crippen LogP contribution in [-0.2, 0) is 21.4 Å². The number of sulfonamides is 1. The van der Waals surface area contributed by atoms with E-state index in [1.54, 1.807) is 30.3 Å². The summed E-state index contributed by atoms with van der Waals surface area (Å²) in [6, 6.07) is 12.3. The summed E-state index contributed by atoms with van der Waals surface area (Å²) in [6.07, 6.45) is -4.36. The van der Waals surface area contributed by atoms with Crippen molar-refractivity contribution in [2.45, 2.75) is 24.0 Å². The highest BCUT2D eigenvalue weighted by molar-refractivity contribution is 7.90. The van der Waals surface area contributed by atoms with Gasteiger partial charge >= 0.3 is 6.18 Å². The van der Waals surface area contributed by atoms with Gasteiger partial charge in [-0.3, -0.25) is 14.5 Å². The minimum Gasteiger partial charge on any atom is -0.484 e. The van der Waals surface area contributed by atoms with Gasteiger partial charge in [0.15, 0.2) is 6.61 Å². The van der Waals surface area contributed by atoms with Gasteiger partial charge in [-0.2, -0.15) is 13.2 Å². The van der Waals surface area contributed by atoms with Crippen molar-refractivity contribution >= 4 is 21.8 Å². The van der Waals surface area contributed by atoms with Crippen LogP contribution in [0.4, 0.5) is 13.2 Å². The van der Waals surface area contributed by atoms with E-state index >= 15 is 0 Å². The van der Waals surface area contributed by atoms with Gasteiger partial charge in [0, 0.05) is 18.5 Å². The van der Waals surface area contributed by atoms with E-state index in [1.165, 1.54) is 18.2 Å². The lowest BCUT2D eigenvalue weighted by atomic mass is 10.2. The van der Waals surface area contributed by atoms with Gasteiger partial charge in [0.25, 0.3) is 10.0 Å². The van der Waals surface area contributed by atoms with E-state index in [0.717, 1.165) is 0 Å². The van der Waals surface area contributed by atoms with Crippen LogP contribution in [0.5, 0.6) is 5.75 Å². The molecule has 0 aliphatic carbocycles. The molecule has 0 unspecified atom stereocenters. The number of hydrogen-bond donors (Lipinski definition) is 2. The van der Waals surface area contributed by atoms with Crippen LogP contribution in [-0.4, -0.2) is 39.5 Å². The Kier molecular flexibility index (Phi) is 6.30. The molecule has 160 valence electrons. The number of alkyl halides is 3. The number of benzene rings is 2. The highest BCUT2D eigenvalue weighted by Crippen LogP contribution is 2.22. The van der Waals surface area contributed by atoms with Gasteiger partial charge in [-0.25, -0.2) is 8.42 Å². The predicted molar refractivity (Wildman–Crippen MR) is 103 cm³/mol. The van der Waals surface area contributed by atoms with E-state index in [4.69, 9.17) is 0 Å². The second-order valence-electron chi connectivity index (χ2n) is 6.41. The van der Waals surface area contributed by atoms with Gasteiger partial charge < -0.3 is 10.1 Å². The summed E-state index contributed by atoms with van der Waals surface area (Å²) in [5, 5.41) is 2.67. The molecule has 0 fully saturated rings. The number of aliphatic imine (C=N–C) groups is 1. The molecule has 2 aromatic carbocycles. The predicted octanol–water partition coefficient (Wildman–Crippen LogP) is 2.37. The number of nitrogens with zero attached hydrogens (tertiary/aromatic N) is 1. The number of amidine groups is 1. The van der Waals surface area contributed by atoms with E-state index in [9.17, 15) is 26.4 Å². The Morgan fingerprint density at radius 2 is 1.80 bits per heavy atom. The first-order chi connectivity index (χ1) is 14.1. The van der Waals surface area contributed by atoms with Gasteiger partial charge in [0.2, 0.25) is 5.91 Å². The van der Waals surface area contributed by atoms with Crippen molar-refractivity contribution in [3.63, 3.8) is 0 Å². The molecule has 7 nitrogen and oxygen atoms in total.